The fraction of sp³-hybridized carbons (Fsp3) is 0.700. The minimum absolute atomic E-state index is 0.310. The van der Waals surface area contributed by atoms with Crippen molar-refractivity contribution in [1.29, 1.82) is 0 Å². The van der Waals surface area contributed by atoms with Gasteiger partial charge >= 0.3 is 11.9 Å². The minimum Gasteiger partial charge on any atom is -0.392 e. The molecule has 0 saturated carbocycles. The zero-order valence-corrected chi connectivity index (χ0v) is 14.4. The topological polar surface area (TPSA) is 43.4 Å². The Bertz CT molecular complexity index is 464. The number of carbonyl (C=O) groups excluding carboxylic acids is 2. The van der Waals surface area contributed by atoms with Crippen LogP contribution in [-0.4, -0.2) is 11.9 Å². The fourth-order valence-electron chi connectivity index (χ4n) is 3.58. The summed E-state index contributed by atoms with van der Waals surface area (Å²) in [6.07, 6.45) is 20.8. The summed E-state index contributed by atoms with van der Waals surface area (Å²) in [5, 5.41) is 0. The standard InChI is InChI=1S/C20H30O3/c1-2-3-4-5-6-7-8-9-10-12-15-20-16-13-11-14-17(20)18(21)23-19(20)22/h12-13,15-17H,2-11,14H2,1H3. The van der Waals surface area contributed by atoms with Crippen molar-refractivity contribution in [2.45, 2.75) is 77.6 Å². The maximum atomic E-state index is 12.1. The van der Waals surface area contributed by atoms with Crippen LogP contribution in [0.5, 0.6) is 0 Å². The van der Waals surface area contributed by atoms with Gasteiger partial charge in [0.15, 0.2) is 0 Å². The van der Waals surface area contributed by atoms with Gasteiger partial charge in [-0.05, 0) is 25.7 Å². The molecule has 1 saturated heterocycles. The van der Waals surface area contributed by atoms with Crippen molar-refractivity contribution in [2.75, 3.05) is 0 Å². The average molecular weight is 318 g/mol. The molecule has 1 aliphatic heterocycles. The summed E-state index contributed by atoms with van der Waals surface area (Å²) >= 11 is 0. The molecule has 2 rings (SSSR count). The zero-order chi connectivity index (χ0) is 16.5. The Balaban J connectivity index is 1.70. The minimum atomic E-state index is -0.810. The number of rotatable bonds is 10. The van der Waals surface area contributed by atoms with Crippen molar-refractivity contribution in [3.05, 3.63) is 24.3 Å². The summed E-state index contributed by atoms with van der Waals surface area (Å²) in [7, 11) is 0. The van der Waals surface area contributed by atoms with Crippen molar-refractivity contribution in [1.82, 2.24) is 0 Å². The predicted molar refractivity (Wildman–Crippen MR) is 91.8 cm³/mol. The lowest BCUT2D eigenvalue weighted by Gasteiger charge is -2.25. The molecule has 0 aromatic heterocycles. The molecule has 0 aromatic rings. The molecule has 2 unspecified atom stereocenters. The van der Waals surface area contributed by atoms with Crippen LogP contribution >= 0.6 is 0 Å². The molecule has 128 valence electrons. The highest BCUT2D eigenvalue weighted by Crippen LogP contribution is 2.45. The van der Waals surface area contributed by atoms with Crippen LogP contribution in [0.4, 0.5) is 0 Å². The van der Waals surface area contributed by atoms with Gasteiger partial charge in [0.2, 0.25) is 0 Å². The van der Waals surface area contributed by atoms with E-state index in [0.717, 1.165) is 19.3 Å². The van der Waals surface area contributed by atoms with Gasteiger partial charge in [0, 0.05) is 0 Å². The lowest BCUT2D eigenvalue weighted by atomic mass is 9.71. The van der Waals surface area contributed by atoms with E-state index in [1.54, 1.807) is 0 Å². The molecular weight excluding hydrogens is 288 g/mol. The summed E-state index contributed by atoms with van der Waals surface area (Å²) in [6.45, 7) is 2.24. The number of carbonyl (C=O) groups is 2. The molecule has 1 fully saturated rings. The normalized spacial score (nSPS) is 26.7. The van der Waals surface area contributed by atoms with Crippen molar-refractivity contribution >= 4 is 11.9 Å². The second-order valence-corrected chi connectivity index (χ2v) is 6.84. The Kier molecular flexibility index (Phi) is 7.07. The predicted octanol–water partition coefficient (Wildman–Crippen LogP) is 5.11. The Hall–Kier alpha value is -1.38. The largest absolute Gasteiger partial charge is 0.392 e. The van der Waals surface area contributed by atoms with Gasteiger partial charge in [-0.3, -0.25) is 9.59 Å². The van der Waals surface area contributed by atoms with Crippen LogP contribution < -0.4 is 0 Å². The van der Waals surface area contributed by atoms with Crippen molar-refractivity contribution in [3.8, 4) is 0 Å². The Morgan fingerprint density at radius 1 is 1.13 bits per heavy atom. The molecule has 3 nitrogen and oxygen atoms in total. The first-order valence-electron chi connectivity index (χ1n) is 9.32. The van der Waals surface area contributed by atoms with Gasteiger partial charge in [-0.2, -0.15) is 0 Å². The van der Waals surface area contributed by atoms with Crippen LogP contribution in [0, 0.1) is 11.3 Å². The smallest absolute Gasteiger partial charge is 0.328 e. The second-order valence-electron chi connectivity index (χ2n) is 6.84. The van der Waals surface area contributed by atoms with Gasteiger partial charge in [-0.15, -0.1) is 0 Å². The molecule has 0 N–H and O–H groups in total. The van der Waals surface area contributed by atoms with Gasteiger partial charge in [0.1, 0.15) is 5.41 Å². The van der Waals surface area contributed by atoms with Crippen LogP contribution in [-0.2, 0) is 14.3 Å². The van der Waals surface area contributed by atoms with Gasteiger partial charge in [-0.25, -0.2) is 0 Å². The second kappa shape index (κ2) is 9.05. The molecule has 1 aliphatic carbocycles. The number of hydrogen-bond acceptors (Lipinski definition) is 3. The summed E-state index contributed by atoms with van der Waals surface area (Å²) in [4.78, 5) is 23.9. The van der Waals surface area contributed by atoms with E-state index in [1.807, 2.05) is 18.2 Å². The molecule has 3 heteroatoms. The molecule has 23 heavy (non-hydrogen) atoms. The van der Waals surface area contributed by atoms with E-state index in [1.165, 1.54) is 44.9 Å². The van der Waals surface area contributed by atoms with Gasteiger partial charge in [-0.1, -0.05) is 76.2 Å². The molecular formula is C20H30O3. The maximum absolute atomic E-state index is 12.1. The molecule has 2 atom stereocenters. The van der Waals surface area contributed by atoms with Crippen LogP contribution in [0.3, 0.4) is 0 Å². The summed E-state index contributed by atoms with van der Waals surface area (Å²) in [5.74, 6) is -1.05. The fourth-order valence-corrected chi connectivity index (χ4v) is 3.58. The van der Waals surface area contributed by atoms with E-state index < -0.39 is 11.4 Å². The van der Waals surface area contributed by atoms with Gasteiger partial charge in [0.25, 0.3) is 0 Å². The van der Waals surface area contributed by atoms with Crippen LogP contribution in [0.1, 0.15) is 77.6 Å². The van der Waals surface area contributed by atoms with E-state index in [9.17, 15) is 9.59 Å². The first-order chi connectivity index (χ1) is 11.2. The zero-order valence-electron chi connectivity index (χ0n) is 14.4. The van der Waals surface area contributed by atoms with Crippen LogP contribution in [0.25, 0.3) is 0 Å². The molecule has 0 bridgehead atoms. The third-order valence-corrected chi connectivity index (χ3v) is 5.04. The maximum Gasteiger partial charge on any atom is 0.328 e. The first kappa shape index (κ1) is 18.0. The molecule has 0 amide bonds. The summed E-state index contributed by atoms with van der Waals surface area (Å²) in [6, 6.07) is 0. The molecule has 0 radical (unpaired) electrons. The number of fused-ring (bicyclic) bond motifs is 1. The number of cyclic esters (lactones) is 2. The Morgan fingerprint density at radius 2 is 1.83 bits per heavy atom. The SMILES string of the molecule is CCCCCCCCCCC=CC12C=CCCC1C(=O)OC2=O. The third kappa shape index (κ3) is 4.55. The Morgan fingerprint density at radius 3 is 2.57 bits per heavy atom. The third-order valence-electron chi connectivity index (χ3n) is 5.04. The van der Waals surface area contributed by atoms with E-state index in [0.29, 0.717) is 6.42 Å². The number of unbranched alkanes of at least 4 members (excludes halogenated alkanes) is 8. The van der Waals surface area contributed by atoms with Crippen molar-refractivity contribution < 1.29 is 14.3 Å². The Labute approximate surface area is 140 Å². The van der Waals surface area contributed by atoms with E-state index in [4.69, 9.17) is 4.74 Å². The molecule has 1 heterocycles. The van der Waals surface area contributed by atoms with Crippen molar-refractivity contribution in [2.24, 2.45) is 11.3 Å². The lowest BCUT2D eigenvalue weighted by Crippen LogP contribution is -2.31. The van der Waals surface area contributed by atoms with Gasteiger partial charge in [0.05, 0.1) is 5.92 Å². The highest BCUT2D eigenvalue weighted by molar-refractivity contribution is 6.02. The quantitative estimate of drug-likeness (QED) is 0.243. The molecule has 0 aromatic carbocycles. The number of esters is 2. The highest BCUT2D eigenvalue weighted by atomic mass is 16.6. The van der Waals surface area contributed by atoms with Crippen LogP contribution in [0.15, 0.2) is 24.3 Å². The van der Waals surface area contributed by atoms with Crippen LogP contribution in [0.2, 0.25) is 0 Å². The monoisotopic (exact) mass is 318 g/mol. The van der Waals surface area contributed by atoms with Gasteiger partial charge < -0.3 is 4.74 Å². The summed E-state index contributed by atoms with van der Waals surface area (Å²) in [5.41, 5.74) is -0.810. The number of allylic oxidation sites excluding steroid dienone is 2. The van der Waals surface area contributed by atoms with E-state index >= 15 is 0 Å². The number of hydrogen-bond donors (Lipinski definition) is 0. The highest BCUT2D eigenvalue weighted by Gasteiger charge is 2.55. The lowest BCUT2D eigenvalue weighted by molar-refractivity contribution is -0.154. The number of ether oxygens (including phenoxy) is 1. The van der Waals surface area contributed by atoms with E-state index in [-0.39, 0.29) is 11.9 Å². The van der Waals surface area contributed by atoms with E-state index in [2.05, 4.69) is 13.0 Å². The molecule has 2 aliphatic rings. The first-order valence-corrected chi connectivity index (χ1v) is 9.32. The van der Waals surface area contributed by atoms with Crippen molar-refractivity contribution in [3.63, 3.8) is 0 Å². The molecule has 0 spiro atoms. The average Bonchev–Trinajstić information content (AvgIpc) is 2.81. The summed E-state index contributed by atoms with van der Waals surface area (Å²) < 4.78 is 4.87.